The molecule has 0 aliphatic carbocycles. The van der Waals surface area contributed by atoms with Crippen LogP contribution in [0.1, 0.15) is 0 Å². The number of benzene rings is 1. The number of likely N-dealkylation sites (N-methyl/N-ethyl adjacent to an activating group) is 1. The van der Waals surface area contributed by atoms with E-state index in [1.165, 1.54) is 29.2 Å². The number of hydrogen-bond donors (Lipinski definition) is 0. The van der Waals surface area contributed by atoms with Crippen LogP contribution in [0.4, 0.5) is 11.4 Å². The highest BCUT2D eigenvalue weighted by molar-refractivity contribution is 8.24. The van der Waals surface area contributed by atoms with E-state index in [4.69, 9.17) is 12.2 Å². The molecule has 1 amide bonds. The smallest absolute Gasteiger partial charge is 0.269 e. The van der Waals surface area contributed by atoms with Crippen molar-refractivity contribution in [1.82, 2.24) is 4.90 Å². The van der Waals surface area contributed by atoms with E-state index in [1.807, 2.05) is 0 Å². The van der Waals surface area contributed by atoms with Crippen LogP contribution in [0, 0.1) is 10.1 Å². The summed E-state index contributed by atoms with van der Waals surface area (Å²) < 4.78 is 0.456. The number of hydrogen-bond acceptors (Lipinski definition) is 7. The van der Waals surface area contributed by atoms with E-state index in [9.17, 15) is 14.9 Å². The number of azo groups is 1. The molecular formula is C10H8N4O3S2. The quantitative estimate of drug-likeness (QED) is 0.370. The van der Waals surface area contributed by atoms with Gasteiger partial charge in [-0.1, -0.05) is 24.0 Å². The predicted molar refractivity (Wildman–Crippen MR) is 74.4 cm³/mol. The van der Waals surface area contributed by atoms with Crippen molar-refractivity contribution < 1.29 is 9.72 Å². The van der Waals surface area contributed by atoms with Crippen LogP contribution >= 0.6 is 24.0 Å². The number of amides is 1. The molecule has 0 unspecified atom stereocenters. The molecule has 1 heterocycles. The Morgan fingerprint density at radius 1 is 1.42 bits per heavy atom. The zero-order valence-electron chi connectivity index (χ0n) is 9.72. The van der Waals surface area contributed by atoms with Gasteiger partial charge in [0.25, 0.3) is 11.6 Å². The van der Waals surface area contributed by atoms with E-state index in [-0.39, 0.29) is 11.6 Å². The summed E-state index contributed by atoms with van der Waals surface area (Å²) in [4.78, 5) is 23.0. The molecule has 1 saturated heterocycles. The third-order valence-corrected chi connectivity index (χ3v) is 3.92. The molecular weight excluding hydrogens is 288 g/mol. The predicted octanol–water partition coefficient (Wildman–Crippen LogP) is 2.49. The fourth-order valence-corrected chi connectivity index (χ4v) is 2.47. The average molecular weight is 296 g/mol. The molecule has 1 aromatic carbocycles. The van der Waals surface area contributed by atoms with Crippen molar-refractivity contribution in [3.63, 3.8) is 0 Å². The second-order valence-electron chi connectivity index (χ2n) is 3.62. The van der Waals surface area contributed by atoms with Gasteiger partial charge in [0.2, 0.25) is 5.37 Å². The number of nitro benzene ring substituents is 1. The van der Waals surface area contributed by atoms with Gasteiger partial charge in [0.05, 0.1) is 10.6 Å². The zero-order chi connectivity index (χ0) is 14.0. The lowest BCUT2D eigenvalue weighted by Crippen LogP contribution is -2.26. The molecule has 1 aromatic rings. The number of nitro groups is 1. The van der Waals surface area contributed by atoms with E-state index in [2.05, 4.69) is 10.2 Å². The van der Waals surface area contributed by atoms with E-state index in [1.54, 1.807) is 7.05 Å². The Morgan fingerprint density at radius 3 is 2.53 bits per heavy atom. The minimum atomic E-state index is -0.673. The third kappa shape index (κ3) is 2.93. The number of non-ortho nitro benzene ring substituents is 1. The normalized spacial score (nSPS) is 19.4. The molecule has 1 aliphatic rings. The number of thiocarbonyl (C=S) groups is 1. The van der Waals surface area contributed by atoms with Gasteiger partial charge >= 0.3 is 0 Å². The van der Waals surface area contributed by atoms with E-state index in [0.29, 0.717) is 10.0 Å². The van der Waals surface area contributed by atoms with Crippen molar-refractivity contribution in [3.8, 4) is 0 Å². The molecule has 0 N–H and O–H groups in total. The largest absolute Gasteiger partial charge is 0.298 e. The van der Waals surface area contributed by atoms with Crippen molar-refractivity contribution in [2.75, 3.05) is 7.05 Å². The summed E-state index contributed by atoms with van der Waals surface area (Å²) in [6, 6.07) is 5.59. The Bertz CT molecular complexity index is 573. The summed E-state index contributed by atoms with van der Waals surface area (Å²) in [5, 5.41) is 17.6. The van der Waals surface area contributed by atoms with Gasteiger partial charge in [0, 0.05) is 19.2 Å². The van der Waals surface area contributed by atoms with Gasteiger partial charge in [-0.2, -0.15) is 10.2 Å². The number of thioether (sulfide) groups is 1. The van der Waals surface area contributed by atoms with E-state index < -0.39 is 10.3 Å². The molecule has 0 radical (unpaired) electrons. The molecule has 1 fully saturated rings. The summed E-state index contributed by atoms with van der Waals surface area (Å²) in [7, 11) is 1.58. The molecule has 1 aliphatic heterocycles. The second-order valence-corrected chi connectivity index (χ2v) is 5.34. The van der Waals surface area contributed by atoms with Crippen molar-refractivity contribution in [3.05, 3.63) is 34.4 Å². The number of nitrogens with zero attached hydrogens (tertiary/aromatic N) is 4. The third-order valence-electron chi connectivity index (χ3n) is 2.37. The summed E-state index contributed by atoms with van der Waals surface area (Å²) in [6.07, 6.45) is 0. The second kappa shape index (κ2) is 5.41. The summed E-state index contributed by atoms with van der Waals surface area (Å²) in [6.45, 7) is 0. The average Bonchev–Trinajstić information content (AvgIpc) is 2.64. The lowest BCUT2D eigenvalue weighted by Gasteiger charge is -2.04. The minimum absolute atomic E-state index is 0.0221. The maximum absolute atomic E-state index is 11.7. The van der Waals surface area contributed by atoms with Crippen LogP contribution in [0.25, 0.3) is 0 Å². The first-order valence-corrected chi connectivity index (χ1v) is 6.41. The molecule has 0 saturated carbocycles. The van der Waals surface area contributed by atoms with Crippen LogP contribution < -0.4 is 0 Å². The molecule has 0 spiro atoms. The van der Waals surface area contributed by atoms with Crippen LogP contribution in [-0.2, 0) is 4.79 Å². The first kappa shape index (κ1) is 13.6. The van der Waals surface area contributed by atoms with E-state index >= 15 is 0 Å². The summed E-state index contributed by atoms with van der Waals surface area (Å²) in [5.41, 5.74) is 0.422. The molecule has 0 bridgehead atoms. The summed E-state index contributed by atoms with van der Waals surface area (Å²) >= 11 is 6.11. The zero-order valence-corrected chi connectivity index (χ0v) is 11.3. The molecule has 7 nitrogen and oxygen atoms in total. The Labute approximate surface area is 117 Å². The number of carbonyl (C=O) groups is 1. The van der Waals surface area contributed by atoms with Gasteiger partial charge in [0.1, 0.15) is 4.32 Å². The Morgan fingerprint density at radius 2 is 2.05 bits per heavy atom. The molecule has 19 heavy (non-hydrogen) atoms. The number of carbonyl (C=O) groups excluding carboxylic acids is 1. The fourth-order valence-electron chi connectivity index (χ4n) is 1.31. The maximum Gasteiger partial charge on any atom is 0.269 e. The Hall–Kier alpha value is -1.87. The molecule has 98 valence electrons. The van der Waals surface area contributed by atoms with Crippen LogP contribution in [0.15, 0.2) is 34.5 Å². The van der Waals surface area contributed by atoms with Crippen molar-refractivity contribution in [1.29, 1.82) is 0 Å². The van der Waals surface area contributed by atoms with Gasteiger partial charge in [-0.25, -0.2) is 0 Å². The highest BCUT2D eigenvalue weighted by Crippen LogP contribution is 2.28. The highest BCUT2D eigenvalue weighted by atomic mass is 32.2. The lowest BCUT2D eigenvalue weighted by atomic mass is 10.3. The van der Waals surface area contributed by atoms with Gasteiger partial charge in [-0.15, -0.1) is 0 Å². The standard InChI is InChI=1S/C10H8N4O3S2/c1-13-9(15)8(19-10(13)18)12-11-6-2-4-7(5-3-6)14(16)17/h2-5,8H,1H3/t8-/m0/s1. The summed E-state index contributed by atoms with van der Waals surface area (Å²) in [5.74, 6) is -0.222. The van der Waals surface area contributed by atoms with Crippen molar-refractivity contribution >= 4 is 45.6 Å². The van der Waals surface area contributed by atoms with Crippen LogP contribution in [0.5, 0.6) is 0 Å². The number of rotatable bonds is 3. The monoisotopic (exact) mass is 296 g/mol. The van der Waals surface area contributed by atoms with Crippen LogP contribution in [-0.4, -0.2) is 32.5 Å². The van der Waals surface area contributed by atoms with Gasteiger partial charge in [-0.05, 0) is 12.1 Å². The van der Waals surface area contributed by atoms with Gasteiger partial charge in [0.15, 0.2) is 0 Å². The Balaban J connectivity index is 2.09. The Kier molecular flexibility index (Phi) is 3.86. The lowest BCUT2D eigenvalue weighted by molar-refractivity contribution is -0.384. The topological polar surface area (TPSA) is 88.2 Å². The molecule has 1 atom stereocenters. The van der Waals surface area contributed by atoms with E-state index in [0.717, 1.165) is 11.8 Å². The van der Waals surface area contributed by atoms with Crippen LogP contribution in [0.3, 0.4) is 0 Å². The fraction of sp³-hybridized carbons (Fsp3) is 0.200. The van der Waals surface area contributed by atoms with Crippen molar-refractivity contribution in [2.24, 2.45) is 10.2 Å². The SMILES string of the molecule is CN1C(=O)[C@@H](N=Nc2ccc([N+](=O)[O-])cc2)SC1=S. The van der Waals surface area contributed by atoms with Gasteiger partial charge < -0.3 is 0 Å². The molecule has 0 aromatic heterocycles. The van der Waals surface area contributed by atoms with Gasteiger partial charge in [-0.3, -0.25) is 19.8 Å². The maximum atomic E-state index is 11.7. The van der Waals surface area contributed by atoms with Crippen molar-refractivity contribution in [2.45, 2.75) is 5.37 Å². The van der Waals surface area contributed by atoms with Crippen LogP contribution in [0.2, 0.25) is 0 Å². The molecule has 9 heteroatoms. The first-order valence-electron chi connectivity index (χ1n) is 5.12. The first-order chi connectivity index (χ1) is 8.99. The molecule has 2 rings (SSSR count). The highest BCUT2D eigenvalue weighted by Gasteiger charge is 2.34. The minimum Gasteiger partial charge on any atom is -0.298 e.